The van der Waals surface area contributed by atoms with Gasteiger partial charge in [-0.1, -0.05) is 6.07 Å². The fraction of sp³-hybridized carbons (Fsp3) is 0.308. The number of likely N-dealkylation sites (N-methyl/N-ethyl adjacent to an activating group) is 1. The van der Waals surface area contributed by atoms with Crippen LogP contribution in [0.2, 0.25) is 0 Å². The third-order valence-corrected chi connectivity index (χ3v) is 6.53. The minimum absolute atomic E-state index is 0.0411. The summed E-state index contributed by atoms with van der Waals surface area (Å²) in [5, 5.41) is 2.67. The van der Waals surface area contributed by atoms with Crippen LogP contribution in [0.4, 0.5) is 30.4 Å². The Balaban J connectivity index is 1.47. The highest BCUT2D eigenvalue weighted by Crippen LogP contribution is 2.39. The Bertz CT molecular complexity index is 1380. The summed E-state index contributed by atoms with van der Waals surface area (Å²) in [5.41, 5.74) is 2.46. The van der Waals surface area contributed by atoms with Crippen molar-refractivity contribution in [2.75, 3.05) is 41.4 Å². The van der Waals surface area contributed by atoms with Gasteiger partial charge in [0.2, 0.25) is 0 Å². The number of pyridine rings is 2. The SMILES string of the molecule is CCN1C(=O)[C@H]2COCCN2c2cc(-c3cc(NC(=O)c4ccnc(C(F)(F)F)c4)ccc3C)cnc21. The van der Waals surface area contributed by atoms with Gasteiger partial charge >= 0.3 is 6.18 Å². The first kappa shape index (κ1) is 24.7. The van der Waals surface area contributed by atoms with Gasteiger partial charge in [-0.2, -0.15) is 13.2 Å². The zero-order valence-corrected chi connectivity index (χ0v) is 20.2. The first-order chi connectivity index (χ1) is 17.7. The van der Waals surface area contributed by atoms with Gasteiger partial charge in [-0.05, 0) is 55.3 Å². The second-order valence-electron chi connectivity index (χ2n) is 8.84. The van der Waals surface area contributed by atoms with Crippen molar-refractivity contribution >= 4 is 29.0 Å². The standard InChI is InChI=1S/C26H24F3N5O3/c1-3-33-23-20(34-8-9-37-14-21(34)25(33)36)10-17(13-31-23)19-12-18(5-4-15(19)2)32-24(35)16-6-7-30-22(11-16)26(27,28)29/h4-7,10-13,21H,3,8-9,14H2,1-2H3,(H,32,35)/t21-/m1/s1. The summed E-state index contributed by atoms with van der Waals surface area (Å²) in [5.74, 6) is -0.130. The highest BCUT2D eigenvalue weighted by atomic mass is 19.4. The third-order valence-electron chi connectivity index (χ3n) is 6.53. The summed E-state index contributed by atoms with van der Waals surface area (Å²) in [6, 6.07) is 8.77. The molecule has 192 valence electrons. The van der Waals surface area contributed by atoms with Gasteiger partial charge in [-0.25, -0.2) is 4.98 Å². The fourth-order valence-electron chi connectivity index (χ4n) is 4.64. The Labute approximate surface area is 211 Å². The van der Waals surface area contributed by atoms with Crippen molar-refractivity contribution in [3.63, 3.8) is 0 Å². The Morgan fingerprint density at radius 3 is 2.76 bits per heavy atom. The molecular weight excluding hydrogens is 487 g/mol. The number of benzene rings is 1. The molecule has 2 aliphatic heterocycles. The predicted molar refractivity (Wildman–Crippen MR) is 132 cm³/mol. The van der Waals surface area contributed by atoms with Crippen LogP contribution in [0.1, 0.15) is 28.5 Å². The van der Waals surface area contributed by atoms with E-state index in [0.717, 1.165) is 34.6 Å². The predicted octanol–water partition coefficient (Wildman–Crippen LogP) is 4.29. The average Bonchev–Trinajstić information content (AvgIpc) is 2.89. The van der Waals surface area contributed by atoms with Crippen LogP contribution in [-0.4, -0.2) is 54.1 Å². The van der Waals surface area contributed by atoms with E-state index < -0.39 is 23.8 Å². The van der Waals surface area contributed by atoms with Crippen molar-refractivity contribution in [3.05, 3.63) is 65.6 Å². The van der Waals surface area contributed by atoms with Gasteiger partial charge in [0.15, 0.2) is 5.82 Å². The van der Waals surface area contributed by atoms with Crippen LogP contribution < -0.4 is 15.1 Å². The summed E-state index contributed by atoms with van der Waals surface area (Å²) >= 11 is 0. The molecule has 2 aliphatic rings. The number of morpholine rings is 1. The molecule has 4 heterocycles. The lowest BCUT2D eigenvalue weighted by Crippen LogP contribution is -2.59. The van der Waals surface area contributed by atoms with Crippen LogP contribution in [0, 0.1) is 6.92 Å². The molecule has 0 aliphatic carbocycles. The highest BCUT2D eigenvalue weighted by Gasteiger charge is 2.40. The van der Waals surface area contributed by atoms with Crippen molar-refractivity contribution < 1.29 is 27.5 Å². The lowest BCUT2D eigenvalue weighted by molar-refractivity contribution is -0.141. The molecule has 1 N–H and O–H groups in total. The van der Waals surface area contributed by atoms with E-state index in [0.29, 0.717) is 37.8 Å². The van der Waals surface area contributed by atoms with Crippen molar-refractivity contribution in [1.82, 2.24) is 9.97 Å². The van der Waals surface area contributed by atoms with Crippen molar-refractivity contribution in [3.8, 4) is 11.1 Å². The number of nitrogens with one attached hydrogen (secondary N) is 1. The Kier molecular flexibility index (Phi) is 6.32. The van der Waals surface area contributed by atoms with Gasteiger partial charge < -0.3 is 15.0 Å². The molecule has 2 amide bonds. The van der Waals surface area contributed by atoms with Crippen LogP contribution in [0.5, 0.6) is 0 Å². The molecule has 0 unspecified atom stereocenters. The zero-order chi connectivity index (χ0) is 26.3. The van der Waals surface area contributed by atoms with Crippen LogP contribution in [-0.2, 0) is 15.7 Å². The van der Waals surface area contributed by atoms with Gasteiger partial charge in [0.1, 0.15) is 11.7 Å². The summed E-state index contributed by atoms with van der Waals surface area (Å²) in [7, 11) is 0. The minimum Gasteiger partial charge on any atom is -0.377 e. The summed E-state index contributed by atoms with van der Waals surface area (Å²) in [6.45, 7) is 5.67. The lowest BCUT2D eigenvalue weighted by atomic mass is 9.99. The average molecular weight is 512 g/mol. The molecule has 0 radical (unpaired) electrons. The molecule has 0 spiro atoms. The van der Waals surface area contributed by atoms with Gasteiger partial charge in [0, 0.05) is 42.3 Å². The molecule has 0 bridgehead atoms. The number of carbonyl (C=O) groups is 2. The Morgan fingerprint density at radius 1 is 1.19 bits per heavy atom. The minimum atomic E-state index is -4.65. The van der Waals surface area contributed by atoms with Crippen LogP contribution >= 0.6 is 0 Å². The number of nitrogens with zero attached hydrogens (tertiary/aromatic N) is 4. The molecule has 1 fully saturated rings. The normalized spacial score (nSPS) is 17.3. The number of fused-ring (bicyclic) bond motifs is 3. The maximum atomic E-state index is 13.0. The largest absolute Gasteiger partial charge is 0.433 e. The first-order valence-electron chi connectivity index (χ1n) is 11.8. The van der Waals surface area contributed by atoms with E-state index in [2.05, 4.69) is 15.3 Å². The van der Waals surface area contributed by atoms with Crippen LogP contribution in [0.25, 0.3) is 11.1 Å². The van der Waals surface area contributed by atoms with Crippen molar-refractivity contribution in [2.24, 2.45) is 0 Å². The molecular formula is C26H24F3N5O3. The molecule has 1 saturated heterocycles. The van der Waals surface area contributed by atoms with E-state index in [9.17, 15) is 22.8 Å². The summed E-state index contributed by atoms with van der Waals surface area (Å²) < 4.78 is 44.6. The van der Waals surface area contributed by atoms with E-state index in [1.54, 1.807) is 23.2 Å². The summed E-state index contributed by atoms with van der Waals surface area (Å²) in [4.78, 5) is 37.3. The van der Waals surface area contributed by atoms with Gasteiger partial charge in [-0.15, -0.1) is 0 Å². The number of amides is 2. The molecule has 2 aromatic heterocycles. The molecule has 5 rings (SSSR count). The maximum Gasteiger partial charge on any atom is 0.433 e. The number of halogens is 3. The molecule has 8 nitrogen and oxygen atoms in total. The monoisotopic (exact) mass is 511 g/mol. The van der Waals surface area contributed by atoms with E-state index in [4.69, 9.17) is 4.74 Å². The molecule has 37 heavy (non-hydrogen) atoms. The molecule has 3 aromatic rings. The summed E-state index contributed by atoms with van der Waals surface area (Å²) in [6.07, 6.45) is -2.01. The fourth-order valence-corrected chi connectivity index (χ4v) is 4.64. The quantitative estimate of drug-likeness (QED) is 0.562. The van der Waals surface area contributed by atoms with E-state index in [1.165, 1.54) is 6.07 Å². The molecule has 0 saturated carbocycles. The number of carbonyl (C=O) groups excluding carboxylic acids is 2. The maximum absolute atomic E-state index is 13.0. The second-order valence-corrected chi connectivity index (χ2v) is 8.84. The number of ether oxygens (including phenoxy) is 1. The molecule has 11 heteroatoms. The van der Waals surface area contributed by atoms with E-state index in [-0.39, 0.29) is 11.5 Å². The highest BCUT2D eigenvalue weighted by molar-refractivity contribution is 6.06. The lowest BCUT2D eigenvalue weighted by Gasteiger charge is -2.44. The second kappa shape index (κ2) is 9.47. The number of rotatable bonds is 4. The van der Waals surface area contributed by atoms with Gasteiger partial charge in [0.25, 0.3) is 11.8 Å². The first-order valence-corrected chi connectivity index (χ1v) is 11.8. The number of hydrogen-bond donors (Lipinski definition) is 1. The number of aromatic nitrogens is 2. The zero-order valence-electron chi connectivity index (χ0n) is 20.2. The Hall–Kier alpha value is -3.99. The van der Waals surface area contributed by atoms with Crippen molar-refractivity contribution in [2.45, 2.75) is 26.1 Å². The number of aryl methyl sites for hydroxylation is 1. The van der Waals surface area contributed by atoms with E-state index in [1.807, 2.05) is 30.9 Å². The third kappa shape index (κ3) is 4.62. The smallest absolute Gasteiger partial charge is 0.377 e. The molecule has 1 aromatic carbocycles. The van der Waals surface area contributed by atoms with Gasteiger partial charge in [0.05, 0.1) is 18.9 Å². The number of anilines is 3. The number of alkyl halides is 3. The van der Waals surface area contributed by atoms with Gasteiger partial charge in [-0.3, -0.25) is 19.5 Å². The molecule has 1 atom stereocenters. The Morgan fingerprint density at radius 2 is 2.00 bits per heavy atom. The van der Waals surface area contributed by atoms with Crippen LogP contribution in [0.3, 0.4) is 0 Å². The van der Waals surface area contributed by atoms with Crippen molar-refractivity contribution in [1.29, 1.82) is 0 Å². The van der Waals surface area contributed by atoms with Crippen LogP contribution in [0.15, 0.2) is 48.8 Å². The topological polar surface area (TPSA) is 87.7 Å². The van der Waals surface area contributed by atoms with E-state index >= 15 is 0 Å². The number of hydrogen-bond acceptors (Lipinski definition) is 6.